The molecule has 0 saturated heterocycles. The number of benzene rings is 4. The van der Waals surface area contributed by atoms with Crippen LogP contribution >= 0.6 is 0 Å². The van der Waals surface area contributed by atoms with Crippen LogP contribution in [0.4, 0.5) is 0 Å². The van der Waals surface area contributed by atoms with Crippen LogP contribution in [-0.4, -0.2) is 26.2 Å². The number of hydrogen-bond donors (Lipinski definition) is 0. The van der Waals surface area contributed by atoms with E-state index in [9.17, 15) is 0 Å². The van der Waals surface area contributed by atoms with Crippen molar-refractivity contribution in [3.05, 3.63) is 163 Å². The van der Waals surface area contributed by atoms with Gasteiger partial charge in [-0.15, -0.1) is 0 Å². The molecule has 0 spiro atoms. The number of rotatable bonds is 4. The van der Waals surface area contributed by atoms with Crippen LogP contribution in [0.5, 0.6) is 0 Å². The summed E-state index contributed by atoms with van der Waals surface area (Å²) in [5.74, 6) is 0.254. The first kappa shape index (κ1) is 28.4. The maximum absolute atomic E-state index is 5.16. The molecule has 0 bridgehead atoms. The second-order valence-electron chi connectivity index (χ2n) is 12.9. The van der Waals surface area contributed by atoms with Gasteiger partial charge >= 0.3 is 0 Å². The minimum Gasteiger partial charge on any atom is -0.282 e. The van der Waals surface area contributed by atoms with E-state index in [1.807, 2.05) is 24.6 Å². The summed E-state index contributed by atoms with van der Waals surface area (Å²) < 4.78 is 0. The Morgan fingerprint density at radius 2 is 1.18 bits per heavy atom. The van der Waals surface area contributed by atoms with Crippen molar-refractivity contribution in [1.82, 2.24) is 19.9 Å². The third-order valence-electron chi connectivity index (χ3n) is 9.85. The SMILES string of the molecule is C1=CC2C=Cc3ccc(-c4cccc(-c5ccc6ccc(-c7ccc8ccc(-c9cccc%10cccnc9%10)nc8c7)cc6n5)c4)nc3C2N=C1. The first-order valence-corrected chi connectivity index (χ1v) is 16.9. The molecule has 5 heterocycles. The molecule has 1 aliphatic heterocycles. The largest absolute Gasteiger partial charge is 0.282 e. The number of allylic oxidation sites excluding steroid dienone is 1. The van der Waals surface area contributed by atoms with E-state index in [0.717, 1.165) is 88.9 Å². The third-order valence-corrected chi connectivity index (χ3v) is 9.85. The lowest BCUT2D eigenvalue weighted by Crippen LogP contribution is -2.16. The fourth-order valence-electron chi connectivity index (χ4n) is 7.24. The van der Waals surface area contributed by atoms with Gasteiger partial charge in [0.2, 0.25) is 0 Å². The summed E-state index contributed by atoms with van der Waals surface area (Å²) in [5, 5.41) is 3.30. The highest BCUT2D eigenvalue weighted by molar-refractivity contribution is 5.95. The number of dihydropyridines is 1. The van der Waals surface area contributed by atoms with Gasteiger partial charge < -0.3 is 0 Å². The zero-order valence-electron chi connectivity index (χ0n) is 27.0. The fourth-order valence-corrected chi connectivity index (χ4v) is 7.24. The van der Waals surface area contributed by atoms with Gasteiger partial charge in [0.25, 0.3) is 0 Å². The summed E-state index contributed by atoms with van der Waals surface area (Å²) in [4.78, 5) is 24.8. The second kappa shape index (κ2) is 11.5. The smallest absolute Gasteiger partial charge is 0.102 e. The predicted octanol–water partition coefficient (Wildman–Crippen LogP) is 10.7. The minimum absolute atomic E-state index is 0.0291. The maximum Gasteiger partial charge on any atom is 0.102 e. The molecule has 0 saturated carbocycles. The molecular weight excluding hydrogens is 611 g/mol. The van der Waals surface area contributed by atoms with E-state index in [0.29, 0.717) is 0 Å². The van der Waals surface area contributed by atoms with Crippen LogP contribution in [-0.2, 0) is 0 Å². The number of hydrogen-bond acceptors (Lipinski definition) is 5. The van der Waals surface area contributed by atoms with Gasteiger partial charge in [0, 0.05) is 51.2 Å². The summed E-state index contributed by atoms with van der Waals surface area (Å²) in [7, 11) is 0. The molecule has 0 amide bonds. The number of nitrogens with zero attached hydrogens (tertiary/aromatic N) is 5. The predicted molar refractivity (Wildman–Crippen MR) is 205 cm³/mol. The standard InChI is InChI=1S/C45H29N5/c1-6-35(25-36(7-1)39-21-19-32-14-13-31-9-4-24-47-44(31)45(32)50-39)38-20-17-28-11-15-33(26-41(28)48-38)34-16-12-29-18-22-40(49-42(29)27-34)37-10-2-5-30-8-3-23-46-43(30)37/h1-27,31,44H. The lowest BCUT2D eigenvalue weighted by Gasteiger charge is -2.26. The highest BCUT2D eigenvalue weighted by Gasteiger charge is 2.27. The Kier molecular flexibility index (Phi) is 6.56. The number of fused-ring (bicyclic) bond motifs is 6. The quantitative estimate of drug-likeness (QED) is 0.192. The van der Waals surface area contributed by atoms with E-state index in [1.165, 1.54) is 0 Å². The van der Waals surface area contributed by atoms with Gasteiger partial charge in [-0.1, -0.05) is 103 Å². The Morgan fingerprint density at radius 3 is 2.00 bits per heavy atom. The van der Waals surface area contributed by atoms with Gasteiger partial charge in [-0.3, -0.25) is 9.98 Å². The molecule has 4 aromatic carbocycles. The van der Waals surface area contributed by atoms with Crippen molar-refractivity contribution in [2.45, 2.75) is 6.04 Å². The molecule has 10 rings (SSSR count). The van der Waals surface area contributed by atoms with Crippen LogP contribution in [0.2, 0.25) is 0 Å². The Morgan fingerprint density at radius 1 is 0.500 bits per heavy atom. The highest BCUT2D eigenvalue weighted by atomic mass is 14.9. The highest BCUT2D eigenvalue weighted by Crippen LogP contribution is 2.38. The van der Waals surface area contributed by atoms with Crippen molar-refractivity contribution >= 4 is 45.0 Å². The first-order valence-electron chi connectivity index (χ1n) is 16.9. The van der Waals surface area contributed by atoms with Crippen LogP contribution in [0, 0.1) is 5.92 Å². The van der Waals surface area contributed by atoms with Crippen molar-refractivity contribution in [2.24, 2.45) is 10.9 Å². The van der Waals surface area contributed by atoms with Crippen molar-refractivity contribution in [3.63, 3.8) is 0 Å². The number of para-hydroxylation sites is 1. The number of pyridine rings is 4. The summed E-state index contributed by atoms with van der Waals surface area (Å²) in [6, 6.07) is 44.5. The molecule has 5 heteroatoms. The molecule has 4 aromatic heterocycles. The lowest BCUT2D eigenvalue weighted by molar-refractivity contribution is 0.594. The summed E-state index contributed by atoms with van der Waals surface area (Å²) in [6.45, 7) is 0. The molecule has 2 unspecified atom stereocenters. The van der Waals surface area contributed by atoms with Crippen LogP contribution < -0.4 is 0 Å². The molecule has 0 N–H and O–H groups in total. The number of aromatic nitrogens is 4. The molecule has 2 aliphatic rings. The Bertz CT molecular complexity index is 2740. The van der Waals surface area contributed by atoms with Crippen molar-refractivity contribution in [1.29, 1.82) is 0 Å². The van der Waals surface area contributed by atoms with Gasteiger partial charge in [0.05, 0.1) is 39.3 Å². The van der Waals surface area contributed by atoms with Crippen LogP contribution in [0.3, 0.4) is 0 Å². The van der Waals surface area contributed by atoms with Gasteiger partial charge in [-0.25, -0.2) is 15.0 Å². The van der Waals surface area contributed by atoms with E-state index in [1.54, 1.807) is 0 Å². The second-order valence-corrected chi connectivity index (χ2v) is 12.9. The summed E-state index contributed by atoms with van der Waals surface area (Å²) in [6.07, 6.45) is 12.3. The van der Waals surface area contributed by atoms with Crippen LogP contribution in [0.15, 0.2) is 157 Å². The van der Waals surface area contributed by atoms with Gasteiger partial charge in [-0.05, 0) is 65.2 Å². The topological polar surface area (TPSA) is 63.9 Å². The number of aliphatic imine (C=N–C) groups is 1. The monoisotopic (exact) mass is 639 g/mol. The molecule has 5 nitrogen and oxygen atoms in total. The normalized spacial score (nSPS) is 16.2. The maximum atomic E-state index is 5.16. The third kappa shape index (κ3) is 4.91. The van der Waals surface area contributed by atoms with E-state index >= 15 is 0 Å². The average molecular weight is 640 g/mol. The van der Waals surface area contributed by atoms with E-state index in [-0.39, 0.29) is 12.0 Å². The molecule has 234 valence electrons. The van der Waals surface area contributed by atoms with Crippen molar-refractivity contribution < 1.29 is 0 Å². The van der Waals surface area contributed by atoms with Gasteiger partial charge in [-0.2, -0.15) is 0 Å². The molecule has 50 heavy (non-hydrogen) atoms. The van der Waals surface area contributed by atoms with Crippen LogP contribution in [0.25, 0.3) is 83.7 Å². The Balaban J connectivity index is 0.989. The van der Waals surface area contributed by atoms with Crippen LogP contribution in [0.1, 0.15) is 17.3 Å². The molecule has 1 aliphatic carbocycles. The first-order chi connectivity index (χ1) is 24.7. The minimum atomic E-state index is 0.0291. The zero-order valence-corrected chi connectivity index (χ0v) is 27.0. The van der Waals surface area contributed by atoms with E-state index < -0.39 is 0 Å². The van der Waals surface area contributed by atoms with Gasteiger partial charge in [0.1, 0.15) is 6.04 Å². The Hall–Kier alpha value is -6.59. The average Bonchev–Trinajstić information content (AvgIpc) is 3.19. The van der Waals surface area contributed by atoms with Crippen molar-refractivity contribution in [2.75, 3.05) is 0 Å². The Labute approximate surface area is 289 Å². The van der Waals surface area contributed by atoms with E-state index in [2.05, 4.69) is 145 Å². The fraction of sp³-hybridized carbons (Fsp3) is 0.0444. The molecule has 2 atom stereocenters. The lowest BCUT2D eigenvalue weighted by atomic mass is 9.87. The molecule has 8 aromatic rings. The molecule has 0 radical (unpaired) electrons. The zero-order chi connectivity index (χ0) is 33.0. The molecular formula is C45H29N5. The van der Waals surface area contributed by atoms with E-state index in [4.69, 9.17) is 19.9 Å². The van der Waals surface area contributed by atoms with Crippen molar-refractivity contribution in [3.8, 4) is 44.9 Å². The summed E-state index contributed by atoms with van der Waals surface area (Å²) >= 11 is 0. The molecule has 0 fully saturated rings. The summed E-state index contributed by atoms with van der Waals surface area (Å²) in [5.41, 5.74) is 13.1. The van der Waals surface area contributed by atoms with Gasteiger partial charge in [0.15, 0.2) is 0 Å².